The summed E-state index contributed by atoms with van der Waals surface area (Å²) in [6, 6.07) is 0. The molecule has 0 aliphatic carbocycles. The molecule has 0 unspecified atom stereocenters. The maximum absolute atomic E-state index is 8.77. The molecule has 0 saturated carbocycles. The number of hydrogen-bond acceptors (Lipinski definition) is 2. The van der Waals surface area contributed by atoms with Crippen LogP contribution in [0.4, 0.5) is 0 Å². The standard InChI is InChI=1S/C8H17NO/c1-8(7-10)6-9-4-2-3-5-9/h8,10H,2-7H2,1H3/t8-/m1/s1. The predicted octanol–water partition coefficient (Wildman–Crippen LogP) is 0.711. The second-order valence-electron chi connectivity index (χ2n) is 3.30. The first-order valence-corrected chi connectivity index (χ1v) is 4.16. The molecule has 0 bridgehead atoms. The predicted molar refractivity (Wildman–Crippen MR) is 41.9 cm³/mol. The van der Waals surface area contributed by atoms with E-state index < -0.39 is 0 Å². The summed E-state index contributed by atoms with van der Waals surface area (Å²) in [4.78, 5) is 2.43. The van der Waals surface area contributed by atoms with Crippen molar-refractivity contribution < 1.29 is 5.11 Å². The number of rotatable bonds is 3. The Morgan fingerprint density at radius 3 is 2.50 bits per heavy atom. The van der Waals surface area contributed by atoms with E-state index in [1.54, 1.807) is 0 Å². The molecular formula is C8H17NO. The van der Waals surface area contributed by atoms with Crippen molar-refractivity contribution >= 4 is 0 Å². The van der Waals surface area contributed by atoms with Crippen LogP contribution in [0.15, 0.2) is 0 Å². The highest BCUT2D eigenvalue weighted by molar-refractivity contribution is 4.67. The molecule has 2 heteroatoms. The van der Waals surface area contributed by atoms with Crippen LogP contribution < -0.4 is 0 Å². The lowest BCUT2D eigenvalue weighted by Gasteiger charge is -2.17. The summed E-state index contributed by atoms with van der Waals surface area (Å²) in [7, 11) is 0. The van der Waals surface area contributed by atoms with Gasteiger partial charge in [-0.1, -0.05) is 6.92 Å². The third-order valence-electron chi connectivity index (χ3n) is 2.08. The van der Waals surface area contributed by atoms with Gasteiger partial charge in [0, 0.05) is 13.2 Å². The first-order chi connectivity index (χ1) is 4.83. The van der Waals surface area contributed by atoms with E-state index in [1.807, 2.05) is 0 Å². The van der Waals surface area contributed by atoms with Crippen LogP contribution in [0.1, 0.15) is 19.8 Å². The monoisotopic (exact) mass is 143 g/mol. The molecule has 1 atom stereocenters. The molecule has 0 aromatic carbocycles. The van der Waals surface area contributed by atoms with Gasteiger partial charge in [0.05, 0.1) is 0 Å². The van der Waals surface area contributed by atoms with Crippen LogP contribution in [0.25, 0.3) is 0 Å². The van der Waals surface area contributed by atoms with Gasteiger partial charge in [-0.05, 0) is 31.8 Å². The molecule has 1 N–H and O–H groups in total. The maximum Gasteiger partial charge on any atom is 0.0468 e. The van der Waals surface area contributed by atoms with E-state index in [9.17, 15) is 0 Å². The number of aliphatic hydroxyl groups excluding tert-OH is 1. The number of nitrogens with zero attached hydrogens (tertiary/aromatic N) is 1. The molecule has 0 aromatic heterocycles. The third-order valence-corrected chi connectivity index (χ3v) is 2.08. The summed E-state index contributed by atoms with van der Waals surface area (Å²) >= 11 is 0. The van der Waals surface area contributed by atoms with E-state index in [1.165, 1.54) is 25.9 Å². The van der Waals surface area contributed by atoms with Crippen molar-refractivity contribution in [3.05, 3.63) is 0 Å². The normalized spacial score (nSPS) is 23.4. The van der Waals surface area contributed by atoms with Gasteiger partial charge in [-0.3, -0.25) is 0 Å². The maximum atomic E-state index is 8.77. The minimum absolute atomic E-state index is 0.330. The van der Waals surface area contributed by atoms with Gasteiger partial charge in [0.2, 0.25) is 0 Å². The molecule has 0 amide bonds. The minimum Gasteiger partial charge on any atom is -0.396 e. The Morgan fingerprint density at radius 2 is 2.00 bits per heavy atom. The summed E-state index contributed by atoms with van der Waals surface area (Å²) in [6.07, 6.45) is 2.69. The van der Waals surface area contributed by atoms with Crippen molar-refractivity contribution in [3.8, 4) is 0 Å². The van der Waals surface area contributed by atoms with E-state index in [2.05, 4.69) is 11.8 Å². The molecular weight excluding hydrogens is 126 g/mol. The van der Waals surface area contributed by atoms with Gasteiger partial charge in [-0.2, -0.15) is 0 Å². The second kappa shape index (κ2) is 3.94. The summed E-state index contributed by atoms with van der Waals surface area (Å²) < 4.78 is 0. The molecule has 60 valence electrons. The van der Waals surface area contributed by atoms with Crippen molar-refractivity contribution in [1.29, 1.82) is 0 Å². The Kier molecular flexibility index (Phi) is 3.16. The third kappa shape index (κ3) is 2.27. The Morgan fingerprint density at radius 1 is 1.40 bits per heavy atom. The molecule has 0 aromatic rings. The van der Waals surface area contributed by atoms with Crippen LogP contribution in [0.5, 0.6) is 0 Å². The number of aliphatic hydroxyl groups is 1. The molecule has 0 spiro atoms. The fourth-order valence-corrected chi connectivity index (χ4v) is 1.46. The summed E-state index contributed by atoms with van der Waals surface area (Å²) in [5.41, 5.74) is 0. The molecule has 1 fully saturated rings. The molecule has 1 aliphatic rings. The molecule has 1 saturated heterocycles. The van der Waals surface area contributed by atoms with E-state index in [4.69, 9.17) is 5.11 Å². The highest BCUT2D eigenvalue weighted by atomic mass is 16.3. The second-order valence-corrected chi connectivity index (χ2v) is 3.30. The zero-order valence-corrected chi connectivity index (χ0v) is 6.71. The summed E-state index contributed by atoms with van der Waals surface area (Å²) in [5, 5.41) is 8.77. The van der Waals surface area contributed by atoms with E-state index in [-0.39, 0.29) is 0 Å². The van der Waals surface area contributed by atoms with Crippen molar-refractivity contribution in [2.75, 3.05) is 26.2 Å². The van der Waals surface area contributed by atoms with Crippen molar-refractivity contribution in [1.82, 2.24) is 4.90 Å². The van der Waals surface area contributed by atoms with Crippen molar-refractivity contribution in [2.45, 2.75) is 19.8 Å². The fraction of sp³-hybridized carbons (Fsp3) is 1.00. The molecule has 2 nitrogen and oxygen atoms in total. The van der Waals surface area contributed by atoms with Gasteiger partial charge in [-0.25, -0.2) is 0 Å². The van der Waals surface area contributed by atoms with Gasteiger partial charge in [0.25, 0.3) is 0 Å². The zero-order valence-electron chi connectivity index (χ0n) is 6.71. The lowest BCUT2D eigenvalue weighted by atomic mass is 10.2. The van der Waals surface area contributed by atoms with Crippen LogP contribution in [-0.4, -0.2) is 36.2 Å². The highest BCUT2D eigenvalue weighted by Crippen LogP contribution is 2.09. The summed E-state index contributed by atoms with van der Waals surface area (Å²) in [6.45, 7) is 5.99. The van der Waals surface area contributed by atoms with Gasteiger partial charge in [-0.15, -0.1) is 0 Å². The van der Waals surface area contributed by atoms with E-state index in [0.29, 0.717) is 12.5 Å². The van der Waals surface area contributed by atoms with Gasteiger partial charge in [0.15, 0.2) is 0 Å². The van der Waals surface area contributed by atoms with Crippen LogP contribution in [0.3, 0.4) is 0 Å². The van der Waals surface area contributed by atoms with Gasteiger partial charge < -0.3 is 10.0 Å². The first-order valence-electron chi connectivity index (χ1n) is 4.16. The van der Waals surface area contributed by atoms with Crippen molar-refractivity contribution in [2.24, 2.45) is 5.92 Å². The topological polar surface area (TPSA) is 23.5 Å². The Hall–Kier alpha value is -0.0800. The molecule has 1 aliphatic heterocycles. The minimum atomic E-state index is 0.330. The van der Waals surface area contributed by atoms with Crippen LogP contribution in [0.2, 0.25) is 0 Å². The van der Waals surface area contributed by atoms with Crippen LogP contribution in [-0.2, 0) is 0 Å². The molecule has 1 rings (SSSR count). The zero-order chi connectivity index (χ0) is 7.40. The molecule has 10 heavy (non-hydrogen) atoms. The van der Waals surface area contributed by atoms with Gasteiger partial charge >= 0.3 is 0 Å². The fourth-order valence-electron chi connectivity index (χ4n) is 1.46. The van der Waals surface area contributed by atoms with E-state index >= 15 is 0 Å². The molecule has 1 heterocycles. The van der Waals surface area contributed by atoms with Gasteiger partial charge in [0.1, 0.15) is 0 Å². The van der Waals surface area contributed by atoms with Crippen LogP contribution >= 0.6 is 0 Å². The Bertz CT molecular complexity index is 89.3. The Labute approximate surface area is 62.8 Å². The lowest BCUT2D eigenvalue weighted by molar-refractivity contribution is 0.191. The van der Waals surface area contributed by atoms with E-state index in [0.717, 1.165) is 6.54 Å². The van der Waals surface area contributed by atoms with Crippen LogP contribution in [0, 0.1) is 5.92 Å². The lowest BCUT2D eigenvalue weighted by Crippen LogP contribution is -2.26. The van der Waals surface area contributed by atoms with Crippen molar-refractivity contribution in [3.63, 3.8) is 0 Å². The largest absolute Gasteiger partial charge is 0.396 e. The SMILES string of the molecule is C[C@@H](CO)CN1CCCC1. The Balaban J connectivity index is 2.11. The number of likely N-dealkylation sites (tertiary alicyclic amines) is 1. The average molecular weight is 143 g/mol. The molecule has 0 radical (unpaired) electrons. The quantitative estimate of drug-likeness (QED) is 0.629. The highest BCUT2D eigenvalue weighted by Gasteiger charge is 2.13. The number of hydrogen-bond donors (Lipinski definition) is 1. The smallest absolute Gasteiger partial charge is 0.0468 e. The average Bonchev–Trinajstić information content (AvgIpc) is 2.40. The first kappa shape index (κ1) is 8.02. The summed E-state index contributed by atoms with van der Waals surface area (Å²) in [5.74, 6) is 0.457.